The first-order chi connectivity index (χ1) is 9.38. The van der Waals surface area contributed by atoms with Gasteiger partial charge in [-0.25, -0.2) is 13.2 Å². The van der Waals surface area contributed by atoms with E-state index in [2.05, 4.69) is 15.9 Å². The molecule has 0 aliphatic rings. The number of halogens is 4. The van der Waals surface area contributed by atoms with Crippen molar-refractivity contribution in [1.82, 2.24) is 0 Å². The van der Waals surface area contributed by atoms with Crippen LogP contribution in [-0.2, 0) is 6.42 Å². The molecule has 20 heavy (non-hydrogen) atoms. The van der Waals surface area contributed by atoms with Gasteiger partial charge in [-0.3, -0.25) is 0 Å². The first kappa shape index (κ1) is 15.1. The Balaban J connectivity index is 2.31. The first-order valence-electron chi connectivity index (χ1n) is 6.23. The molecule has 0 fully saturated rings. The number of benzene rings is 2. The number of hydrogen-bond acceptors (Lipinski definition) is 0. The van der Waals surface area contributed by atoms with Crippen molar-refractivity contribution in [2.24, 2.45) is 0 Å². The largest absolute Gasteiger partial charge is 0.207 e. The molecule has 2 rings (SSSR count). The highest BCUT2D eigenvalue weighted by molar-refractivity contribution is 9.09. The molecule has 1 unspecified atom stereocenters. The summed E-state index contributed by atoms with van der Waals surface area (Å²) >= 11 is 3.52. The van der Waals surface area contributed by atoms with Crippen LogP contribution in [0.4, 0.5) is 13.2 Å². The second-order valence-electron chi connectivity index (χ2n) is 4.86. The van der Waals surface area contributed by atoms with E-state index in [1.54, 1.807) is 0 Å². The van der Waals surface area contributed by atoms with Crippen molar-refractivity contribution in [1.29, 1.82) is 0 Å². The molecule has 0 aliphatic carbocycles. The van der Waals surface area contributed by atoms with Crippen LogP contribution in [0.2, 0.25) is 0 Å². The highest BCUT2D eigenvalue weighted by atomic mass is 79.9. The molecule has 0 amide bonds. The lowest BCUT2D eigenvalue weighted by molar-refractivity contribution is 0.571. The SMILES string of the molecule is Cc1cc(F)cc(C)c1C(Br)Cc1ccc(F)cc1F. The molecule has 0 radical (unpaired) electrons. The Morgan fingerprint density at radius 1 is 0.950 bits per heavy atom. The zero-order chi connectivity index (χ0) is 14.9. The lowest BCUT2D eigenvalue weighted by Gasteiger charge is -2.17. The third-order valence-corrected chi connectivity index (χ3v) is 4.07. The van der Waals surface area contributed by atoms with E-state index in [9.17, 15) is 13.2 Å². The van der Waals surface area contributed by atoms with Crippen molar-refractivity contribution in [3.8, 4) is 0 Å². The van der Waals surface area contributed by atoms with E-state index in [0.717, 1.165) is 22.8 Å². The summed E-state index contributed by atoms with van der Waals surface area (Å²) in [6.45, 7) is 3.64. The van der Waals surface area contributed by atoms with Crippen molar-refractivity contribution in [2.75, 3.05) is 0 Å². The topological polar surface area (TPSA) is 0 Å². The Labute approximate surface area is 124 Å². The molecule has 0 saturated heterocycles. The van der Waals surface area contributed by atoms with Gasteiger partial charge in [-0.05, 0) is 60.7 Å². The highest BCUT2D eigenvalue weighted by Crippen LogP contribution is 2.33. The Kier molecular flexibility index (Phi) is 4.53. The normalized spacial score (nSPS) is 12.5. The molecule has 2 aromatic carbocycles. The Morgan fingerprint density at radius 2 is 1.55 bits per heavy atom. The van der Waals surface area contributed by atoms with Crippen molar-refractivity contribution in [2.45, 2.75) is 25.1 Å². The molecule has 0 aromatic heterocycles. The first-order valence-corrected chi connectivity index (χ1v) is 7.14. The molecule has 106 valence electrons. The molecule has 4 heteroatoms. The van der Waals surface area contributed by atoms with Gasteiger partial charge in [0, 0.05) is 10.9 Å². The van der Waals surface area contributed by atoms with Crippen LogP contribution in [0.15, 0.2) is 30.3 Å². The number of alkyl halides is 1. The summed E-state index contributed by atoms with van der Waals surface area (Å²) < 4.78 is 39.8. The minimum absolute atomic E-state index is 0.150. The number of rotatable bonds is 3. The lowest BCUT2D eigenvalue weighted by atomic mass is 9.96. The fourth-order valence-electron chi connectivity index (χ4n) is 2.40. The molecule has 0 saturated carbocycles. The average molecular weight is 343 g/mol. The molecule has 0 spiro atoms. The minimum atomic E-state index is -0.591. The van der Waals surface area contributed by atoms with Crippen LogP contribution >= 0.6 is 15.9 Å². The van der Waals surface area contributed by atoms with Crippen LogP contribution in [-0.4, -0.2) is 0 Å². The van der Waals surface area contributed by atoms with E-state index in [4.69, 9.17) is 0 Å². The Morgan fingerprint density at radius 3 is 2.10 bits per heavy atom. The van der Waals surface area contributed by atoms with Gasteiger partial charge in [0.05, 0.1) is 0 Å². The van der Waals surface area contributed by atoms with Crippen molar-refractivity contribution in [3.63, 3.8) is 0 Å². The summed E-state index contributed by atoms with van der Waals surface area (Å²) in [6.07, 6.45) is 0.374. The fourth-order valence-corrected chi connectivity index (χ4v) is 3.47. The molecule has 0 bridgehead atoms. The van der Waals surface area contributed by atoms with Gasteiger partial charge >= 0.3 is 0 Å². The van der Waals surface area contributed by atoms with Gasteiger partial charge in [-0.2, -0.15) is 0 Å². The lowest BCUT2D eigenvalue weighted by Crippen LogP contribution is -2.03. The maximum atomic E-state index is 13.7. The van der Waals surface area contributed by atoms with E-state index in [1.165, 1.54) is 24.3 Å². The van der Waals surface area contributed by atoms with E-state index >= 15 is 0 Å². The molecule has 1 atom stereocenters. The predicted octanol–water partition coefficient (Wildman–Crippen LogP) is 5.40. The molecule has 0 nitrogen and oxygen atoms in total. The highest BCUT2D eigenvalue weighted by Gasteiger charge is 2.17. The third kappa shape index (κ3) is 3.23. The monoisotopic (exact) mass is 342 g/mol. The van der Waals surface area contributed by atoms with Crippen LogP contribution in [0.25, 0.3) is 0 Å². The van der Waals surface area contributed by atoms with Crippen molar-refractivity contribution < 1.29 is 13.2 Å². The van der Waals surface area contributed by atoms with Crippen molar-refractivity contribution >= 4 is 15.9 Å². The van der Waals surface area contributed by atoms with Crippen LogP contribution in [0.1, 0.15) is 27.1 Å². The maximum Gasteiger partial charge on any atom is 0.129 e. The summed E-state index contributed by atoms with van der Waals surface area (Å²) in [5.74, 6) is -1.44. The van der Waals surface area contributed by atoms with E-state index in [1.807, 2.05) is 13.8 Å². The van der Waals surface area contributed by atoms with Gasteiger partial charge in [0.1, 0.15) is 17.5 Å². The number of hydrogen-bond donors (Lipinski definition) is 0. The summed E-state index contributed by atoms with van der Waals surface area (Å²) in [5, 5.41) is 0. The van der Waals surface area contributed by atoms with E-state index in [0.29, 0.717) is 12.0 Å². The maximum absolute atomic E-state index is 13.7. The zero-order valence-electron chi connectivity index (χ0n) is 11.2. The second-order valence-corrected chi connectivity index (χ2v) is 5.97. The second kappa shape index (κ2) is 6.00. The minimum Gasteiger partial charge on any atom is -0.207 e. The third-order valence-electron chi connectivity index (χ3n) is 3.29. The van der Waals surface area contributed by atoms with Gasteiger partial charge in [0.25, 0.3) is 0 Å². The zero-order valence-corrected chi connectivity index (χ0v) is 12.8. The van der Waals surface area contributed by atoms with E-state index in [-0.39, 0.29) is 10.6 Å². The molecular formula is C16H14BrF3. The van der Waals surface area contributed by atoms with Gasteiger partial charge < -0.3 is 0 Å². The smallest absolute Gasteiger partial charge is 0.129 e. The summed E-state index contributed by atoms with van der Waals surface area (Å²) in [4.78, 5) is -0.150. The van der Waals surface area contributed by atoms with Crippen LogP contribution in [0.3, 0.4) is 0 Å². The molecule has 0 aliphatic heterocycles. The van der Waals surface area contributed by atoms with Gasteiger partial charge in [-0.15, -0.1) is 0 Å². The number of aryl methyl sites for hydroxylation is 2. The van der Waals surface area contributed by atoms with Crippen LogP contribution in [0.5, 0.6) is 0 Å². The molecular weight excluding hydrogens is 329 g/mol. The Bertz CT molecular complexity index is 615. The summed E-state index contributed by atoms with van der Waals surface area (Å²) in [7, 11) is 0. The Hall–Kier alpha value is -1.29. The van der Waals surface area contributed by atoms with E-state index < -0.39 is 11.6 Å². The van der Waals surface area contributed by atoms with Gasteiger partial charge in [-0.1, -0.05) is 22.0 Å². The quantitative estimate of drug-likeness (QED) is 0.655. The van der Waals surface area contributed by atoms with Gasteiger partial charge in [0.15, 0.2) is 0 Å². The molecule has 2 aromatic rings. The molecule has 0 heterocycles. The molecule has 0 N–H and O–H groups in total. The fraction of sp³-hybridized carbons (Fsp3) is 0.250. The predicted molar refractivity (Wildman–Crippen MR) is 77.6 cm³/mol. The van der Waals surface area contributed by atoms with Crippen LogP contribution in [0, 0.1) is 31.3 Å². The standard InChI is InChI=1S/C16H14BrF3/c1-9-5-13(19)6-10(2)16(9)14(17)7-11-3-4-12(18)8-15(11)20/h3-6,8,14H,7H2,1-2H3. The van der Waals surface area contributed by atoms with Crippen molar-refractivity contribution in [3.05, 3.63) is 70.0 Å². The van der Waals surface area contributed by atoms with Crippen LogP contribution < -0.4 is 0 Å². The summed E-state index contributed by atoms with van der Waals surface area (Å²) in [5.41, 5.74) is 2.99. The average Bonchev–Trinajstić information content (AvgIpc) is 2.31. The van der Waals surface area contributed by atoms with Gasteiger partial charge in [0.2, 0.25) is 0 Å². The summed E-state index contributed by atoms with van der Waals surface area (Å²) in [6, 6.07) is 6.46.